The van der Waals surface area contributed by atoms with E-state index in [1.807, 2.05) is 0 Å². The van der Waals surface area contributed by atoms with E-state index < -0.39 is 0 Å². The van der Waals surface area contributed by atoms with Crippen LogP contribution in [0.3, 0.4) is 0 Å². The molecular weight excluding hydrogens is 258 g/mol. The van der Waals surface area contributed by atoms with E-state index in [9.17, 15) is 0 Å². The van der Waals surface area contributed by atoms with Crippen molar-refractivity contribution in [2.75, 3.05) is 0 Å². The Kier molecular flexibility index (Phi) is 4.52. The van der Waals surface area contributed by atoms with Crippen LogP contribution >= 0.6 is 0 Å². The second-order valence-corrected chi connectivity index (χ2v) is 6.84. The van der Waals surface area contributed by atoms with Gasteiger partial charge in [-0.2, -0.15) is 5.10 Å². The van der Waals surface area contributed by atoms with Gasteiger partial charge in [-0.1, -0.05) is 24.3 Å². The predicted octanol–water partition coefficient (Wildman–Crippen LogP) is 3.74. The molecule has 0 saturated heterocycles. The van der Waals surface area contributed by atoms with Gasteiger partial charge in [-0.15, -0.1) is 0 Å². The number of benzene rings is 1. The molecule has 3 nitrogen and oxygen atoms in total. The minimum Gasteiger partial charge on any atom is -0.308 e. The molecule has 0 saturated carbocycles. The fraction of sp³-hybridized carbons (Fsp3) is 0.500. The molecule has 0 bridgehead atoms. The van der Waals surface area contributed by atoms with Crippen LogP contribution in [0.5, 0.6) is 0 Å². The largest absolute Gasteiger partial charge is 0.308 e. The summed E-state index contributed by atoms with van der Waals surface area (Å²) in [7, 11) is 0. The number of hydrogen-bond donors (Lipinski definition) is 1. The van der Waals surface area contributed by atoms with Gasteiger partial charge in [0, 0.05) is 23.3 Å². The first-order valence-electron chi connectivity index (χ1n) is 7.60. The Morgan fingerprint density at radius 2 is 1.76 bits per heavy atom. The topological polar surface area (TPSA) is 29.9 Å². The maximum Gasteiger partial charge on any atom is 0.0665 e. The average Bonchev–Trinajstić information content (AvgIpc) is 2.64. The highest BCUT2D eigenvalue weighted by atomic mass is 15.3. The van der Waals surface area contributed by atoms with Crippen molar-refractivity contribution in [3.8, 4) is 0 Å². The highest BCUT2D eigenvalue weighted by Crippen LogP contribution is 2.17. The summed E-state index contributed by atoms with van der Waals surface area (Å²) in [6.07, 6.45) is 0. The van der Waals surface area contributed by atoms with E-state index in [0.717, 1.165) is 18.8 Å². The van der Waals surface area contributed by atoms with E-state index in [2.05, 4.69) is 75.8 Å². The zero-order valence-electron chi connectivity index (χ0n) is 14.1. The fourth-order valence-electron chi connectivity index (χ4n) is 2.45. The van der Waals surface area contributed by atoms with Crippen molar-refractivity contribution in [3.63, 3.8) is 0 Å². The standard InChI is InChI=1S/C18H27N3/c1-13-9-7-8-10-16(13)12-21-15(3)17(14(2)20-21)11-19-18(4,5)6/h7-10,19H,11-12H2,1-6H3. The van der Waals surface area contributed by atoms with Gasteiger partial charge in [0.2, 0.25) is 0 Å². The second-order valence-electron chi connectivity index (χ2n) is 6.84. The highest BCUT2D eigenvalue weighted by Gasteiger charge is 2.15. The summed E-state index contributed by atoms with van der Waals surface area (Å²) in [5, 5.41) is 8.28. The van der Waals surface area contributed by atoms with Crippen molar-refractivity contribution in [2.45, 2.75) is 60.2 Å². The highest BCUT2D eigenvalue weighted by molar-refractivity contribution is 5.29. The summed E-state index contributed by atoms with van der Waals surface area (Å²) < 4.78 is 2.12. The Hall–Kier alpha value is -1.61. The minimum atomic E-state index is 0.122. The zero-order valence-corrected chi connectivity index (χ0v) is 14.1. The van der Waals surface area contributed by atoms with Crippen molar-refractivity contribution in [2.24, 2.45) is 0 Å². The molecule has 1 heterocycles. The Balaban J connectivity index is 2.21. The molecule has 3 heteroatoms. The molecular formula is C18H27N3. The smallest absolute Gasteiger partial charge is 0.0665 e. The Morgan fingerprint density at radius 1 is 1.10 bits per heavy atom. The first kappa shape index (κ1) is 15.8. The van der Waals surface area contributed by atoms with E-state index in [1.54, 1.807) is 0 Å². The normalized spacial score (nSPS) is 11.9. The molecule has 0 unspecified atom stereocenters. The minimum absolute atomic E-state index is 0.122. The number of hydrogen-bond acceptors (Lipinski definition) is 2. The lowest BCUT2D eigenvalue weighted by Gasteiger charge is -2.20. The predicted molar refractivity (Wildman–Crippen MR) is 88.6 cm³/mol. The van der Waals surface area contributed by atoms with E-state index in [0.29, 0.717) is 0 Å². The first-order chi connectivity index (χ1) is 9.78. The molecule has 0 spiro atoms. The molecule has 114 valence electrons. The molecule has 0 fully saturated rings. The molecule has 0 amide bonds. The summed E-state index contributed by atoms with van der Waals surface area (Å²) in [4.78, 5) is 0. The third-order valence-corrected chi connectivity index (χ3v) is 3.91. The molecule has 1 N–H and O–H groups in total. The van der Waals surface area contributed by atoms with Gasteiger partial charge in [-0.25, -0.2) is 0 Å². The number of aromatic nitrogens is 2. The maximum absolute atomic E-state index is 4.72. The lowest BCUT2D eigenvalue weighted by Crippen LogP contribution is -2.35. The van der Waals surface area contributed by atoms with Crippen LogP contribution in [0.15, 0.2) is 24.3 Å². The fourth-order valence-corrected chi connectivity index (χ4v) is 2.45. The lowest BCUT2D eigenvalue weighted by molar-refractivity contribution is 0.423. The maximum atomic E-state index is 4.72. The van der Waals surface area contributed by atoms with Gasteiger partial charge in [0.15, 0.2) is 0 Å². The number of rotatable bonds is 4. The van der Waals surface area contributed by atoms with Crippen LogP contribution in [0.4, 0.5) is 0 Å². The van der Waals surface area contributed by atoms with Crippen LogP contribution in [0.1, 0.15) is 48.8 Å². The monoisotopic (exact) mass is 285 g/mol. The lowest BCUT2D eigenvalue weighted by atomic mass is 10.1. The van der Waals surface area contributed by atoms with Gasteiger partial charge in [0.05, 0.1) is 12.2 Å². The molecule has 0 aliphatic carbocycles. The molecule has 21 heavy (non-hydrogen) atoms. The molecule has 1 aromatic carbocycles. The number of aryl methyl sites for hydroxylation is 2. The van der Waals surface area contributed by atoms with Crippen LogP contribution < -0.4 is 5.32 Å². The van der Waals surface area contributed by atoms with Crippen molar-refractivity contribution < 1.29 is 0 Å². The Morgan fingerprint density at radius 3 is 2.38 bits per heavy atom. The summed E-state index contributed by atoms with van der Waals surface area (Å²) in [6, 6.07) is 8.51. The van der Waals surface area contributed by atoms with E-state index >= 15 is 0 Å². The summed E-state index contributed by atoms with van der Waals surface area (Å²) in [6.45, 7) is 14.7. The zero-order chi connectivity index (χ0) is 15.6. The van der Waals surface area contributed by atoms with Gasteiger partial charge in [0.25, 0.3) is 0 Å². The molecule has 0 aliphatic rings. The van der Waals surface area contributed by atoms with Gasteiger partial charge in [0.1, 0.15) is 0 Å². The first-order valence-corrected chi connectivity index (χ1v) is 7.60. The second kappa shape index (κ2) is 6.02. The Bertz CT molecular complexity index is 618. The van der Waals surface area contributed by atoms with E-state index in [-0.39, 0.29) is 5.54 Å². The van der Waals surface area contributed by atoms with Gasteiger partial charge < -0.3 is 5.32 Å². The average molecular weight is 285 g/mol. The number of nitrogens with zero attached hydrogens (tertiary/aromatic N) is 2. The molecule has 1 aromatic heterocycles. The molecule has 0 atom stereocenters. The van der Waals surface area contributed by atoms with E-state index in [1.165, 1.54) is 22.4 Å². The van der Waals surface area contributed by atoms with Gasteiger partial charge in [-0.3, -0.25) is 4.68 Å². The van der Waals surface area contributed by atoms with Crippen molar-refractivity contribution in [1.29, 1.82) is 0 Å². The van der Waals surface area contributed by atoms with Crippen molar-refractivity contribution in [3.05, 3.63) is 52.3 Å². The van der Waals surface area contributed by atoms with Crippen LogP contribution in [-0.4, -0.2) is 15.3 Å². The van der Waals surface area contributed by atoms with Crippen LogP contribution in [-0.2, 0) is 13.1 Å². The summed E-state index contributed by atoms with van der Waals surface area (Å²) in [5.74, 6) is 0. The molecule has 0 aliphatic heterocycles. The Labute approximate surface area is 128 Å². The van der Waals surface area contributed by atoms with Crippen LogP contribution in [0.25, 0.3) is 0 Å². The van der Waals surface area contributed by atoms with Gasteiger partial charge in [-0.05, 0) is 52.7 Å². The summed E-state index contributed by atoms with van der Waals surface area (Å²) >= 11 is 0. The quantitative estimate of drug-likeness (QED) is 0.927. The van der Waals surface area contributed by atoms with Crippen molar-refractivity contribution in [1.82, 2.24) is 15.1 Å². The molecule has 0 radical (unpaired) electrons. The SMILES string of the molecule is Cc1ccccc1Cn1nc(C)c(CNC(C)(C)C)c1C. The molecule has 2 rings (SSSR count). The van der Waals surface area contributed by atoms with Crippen molar-refractivity contribution >= 4 is 0 Å². The number of nitrogens with one attached hydrogen (secondary N) is 1. The summed E-state index contributed by atoms with van der Waals surface area (Å²) in [5.41, 5.74) is 6.47. The van der Waals surface area contributed by atoms with Crippen LogP contribution in [0, 0.1) is 20.8 Å². The molecule has 2 aromatic rings. The van der Waals surface area contributed by atoms with Gasteiger partial charge >= 0.3 is 0 Å². The third kappa shape index (κ3) is 3.94. The third-order valence-electron chi connectivity index (χ3n) is 3.91. The van der Waals surface area contributed by atoms with E-state index in [4.69, 9.17) is 5.10 Å². The van der Waals surface area contributed by atoms with Crippen LogP contribution in [0.2, 0.25) is 0 Å².